The molecule has 2 heterocycles. The second-order valence-electron chi connectivity index (χ2n) is 8.14. The number of hydrogen-bond acceptors (Lipinski definition) is 1. The standard InChI is InChI=1S/C20H30N2/c1-14(2)18-13-21-19-7-6-16(12-17(18)19)15-8-10-22(11-9-15)20(3,4)5/h6-7,12-15,21H,8-11H2,1-5H3. The molecule has 22 heavy (non-hydrogen) atoms. The predicted octanol–water partition coefficient (Wildman–Crippen LogP) is 5.27. The predicted molar refractivity (Wildman–Crippen MR) is 95.7 cm³/mol. The van der Waals surface area contributed by atoms with Crippen molar-refractivity contribution in [3.63, 3.8) is 0 Å². The van der Waals surface area contributed by atoms with E-state index in [2.05, 4.69) is 68.9 Å². The van der Waals surface area contributed by atoms with Crippen molar-refractivity contribution in [1.82, 2.24) is 9.88 Å². The van der Waals surface area contributed by atoms with Gasteiger partial charge in [0.1, 0.15) is 0 Å². The summed E-state index contributed by atoms with van der Waals surface area (Å²) in [5.41, 5.74) is 4.56. The van der Waals surface area contributed by atoms with Gasteiger partial charge in [0, 0.05) is 22.6 Å². The zero-order valence-electron chi connectivity index (χ0n) is 14.7. The summed E-state index contributed by atoms with van der Waals surface area (Å²) in [6.45, 7) is 14.0. The molecule has 1 fully saturated rings. The van der Waals surface area contributed by atoms with Gasteiger partial charge in [-0.05, 0) is 81.8 Å². The molecule has 1 aromatic heterocycles. The van der Waals surface area contributed by atoms with Crippen molar-refractivity contribution in [3.05, 3.63) is 35.5 Å². The molecular weight excluding hydrogens is 268 g/mol. The topological polar surface area (TPSA) is 19.0 Å². The lowest BCUT2D eigenvalue weighted by Crippen LogP contribution is -2.45. The molecule has 0 atom stereocenters. The van der Waals surface area contributed by atoms with E-state index in [1.807, 2.05) is 0 Å². The van der Waals surface area contributed by atoms with E-state index >= 15 is 0 Å². The quantitative estimate of drug-likeness (QED) is 0.800. The molecule has 0 amide bonds. The lowest BCUT2D eigenvalue weighted by molar-refractivity contribution is 0.102. The molecule has 1 aromatic carbocycles. The first-order chi connectivity index (χ1) is 10.4. The first-order valence-electron chi connectivity index (χ1n) is 8.72. The number of likely N-dealkylation sites (tertiary alicyclic amines) is 1. The average molecular weight is 298 g/mol. The van der Waals surface area contributed by atoms with E-state index < -0.39 is 0 Å². The third-order valence-corrected chi connectivity index (χ3v) is 5.27. The van der Waals surface area contributed by atoms with Crippen molar-refractivity contribution < 1.29 is 0 Å². The molecule has 2 aromatic rings. The number of aromatic amines is 1. The molecule has 2 heteroatoms. The normalized spacial score (nSPS) is 18.5. The van der Waals surface area contributed by atoms with Gasteiger partial charge in [-0.3, -0.25) is 4.90 Å². The Morgan fingerprint density at radius 2 is 1.82 bits per heavy atom. The molecular formula is C20H30N2. The van der Waals surface area contributed by atoms with Crippen molar-refractivity contribution >= 4 is 10.9 Å². The SMILES string of the molecule is CC(C)c1c[nH]c2ccc(C3CCN(C(C)(C)C)CC3)cc12. The molecule has 1 aliphatic heterocycles. The van der Waals surface area contributed by atoms with Crippen molar-refractivity contribution in [2.24, 2.45) is 0 Å². The Bertz CT molecular complexity index is 637. The average Bonchev–Trinajstić information content (AvgIpc) is 2.89. The molecule has 2 nitrogen and oxygen atoms in total. The van der Waals surface area contributed by atoms with Crippen LogP contribution in [0.15, 0.2) is 24.4 Å². The smallest absolute Gasteiger partial charge is 0.0457 e. The Kier molecular flexibility index (Phi) is 4.07. The molecule has 0 unspecified atom stereocenters. The Balaban J connectivity index is 1.81. The third kappa shape index (κ3) is 2.94. The van der Waals surface area contributed by atoms with Gasteiger partial charge in [-0.25, -0.2) is 0 Å². The van der Waals surface area contributed by atoms with Gasteiger partial charge in [0.05, 0.1) is 0 Å². The number of rotatable bonds is 2. The number of benzene rings is 1. The van der Waals surface area contributed by atoms with E-state index in [1.54, 1.807) is 0 Å². The minimum absolute atomic E-state index is 0.306. The monoisotopic (exact) mass is 298 g/mol. The van der Waals surface area contributed by atoms with Crippen LogP contribution in [0.25, 0.3) is 10.9 Å². The highest BCUT2D eigenvalue weighted by molar-refractivity contribution is 5.84. The lowest BCUT2D eigenvalue weighted by Gasteiger charge is -2.41. The molecule has 0 aliphatic carbocycles. The summed E-state index contributed by atoms with van der Waals surface area (Å²) in [5, 5.41) is 1.42. The van der Waals surface area contributed by atoms with Crippen LogP contribution in [0.3, 0.4) is 0 Å². The van der Waals surface area contributed by atoms with Gasteiger partial charge in [-0.15, -0.1) is 0 Å². The Hall–Kier alpha value is -1.28. The molecule has 0 saturated carbocycles. The Labute approximate surface area is 134 Å². The van der Waals surface area contributed by atoms with Crippen LogP contribution < -0.4 is 0 Å². The number of nitrogens with zero attached hydrogens (tertiary/aromatic N) is 1. The number of fused-ring (bicyclic) bond motifs is 1. The summed E-state index contributed by atoms with van der Waals surface area (Å²) < 4.78 is 0. The van der Waals surface area contributed by atoms with Crippen molar-refractivity contribution in [1.29, 1.82) is 0 Å². The molecule has 1 N–H and O–H groups in total. The van der Waals surface area contributed by atoms with Gasteiger partial charge in [-0.2, -0.15) is 0 Å². The molecule has 1 saturated heterocycles. The molecule has 3 rings (SSSR count). The fourth-order valence-electron chi connectivity index (χ4n) is 3.78. The van der Waals surface area contributed by atoms with Crippen LogP contribution in [0.1, 0.15) is 70.4 Å². The van der Waals surface area contributed by atoms with Gasteiger partial charge in [0.25, 0.3) is 0 Å². The second-order valence-corrected chi connectivity index (χ2v) is 8.14. The van der Waals surface area contributed by atoms with Crippen molar-refractivity contribution in [3.8, 4) is 0 Å². The van der Waals surface area contributed by atoms with Crippen LogP contribution >= 0.6 is 0 Å². The van der Waals surface area contributed by atoms with Gasteiger partial charge in [0.2, 0.25) is 0 Å². The van der Waals surface area contributed by atoms with E-state index in [-0.39, 0.29) is 0 Å². The number of hydrogen-bond donors (Lipinski definition) is 1. The number of piperidine rings is 1. The summed E-state index contributed by atoms with van der Waals surface area (Å²) in [4.78, 5) is 6.04. The van der Waals surface area contributed by atoms with E-state index in [1.165, 1.54) is 48.0 Å². The molecule has 1 aliphatic rings. The van der Waals surface area contributed by atoms with E-state index in [0.29, 0.717) is 11.5 Å². The van der Waals surface area contributed by atoms with Crippen LogP contribution in [0.2, 0.25) is 0 Å². The van der Waals surface area contributed by atoms with Crippen LogP contribution in [-0.4, -0.2) is 28.5 Å². The summed E-state index contributed by atoms with van der Waals surface area (Å²) in [7, 11) is 0. The molecule has 0 spiro atoms. The second kappa shape index (κ2) is 5.73. The van der Waals surface area contributed by atoms with E-state index in [0.717, 1.165) is 5.92 Å². The van der Waals surface area contributed by atoms with Gasteiger partial charge in [0.15, 0.2) is 0 Å². The largest absolute Gasteiger partial charge is 0.361 e. The summed E-state index contributed by atoms with van der Waals surface area (Å²) in [6.07, 6.45) is 4.75. The molecule has 120 valence electrons. The highest BCUT2D eigenvalue weighted by Crippen LogP contribution is 2.34. The van der Waals surface area contributed by atoms with Crippen LogP contribution in [-0.2, 0) is 0 Å². The zero-order valence-corrected chi connectivity index (χ0v) is 14.7. The lowest BCUT2D eigenvalue weighted by atomic mass is 9.86. The fourth-order valence-corrected chi connectivity index (χ4v) is 3.78. The Morgan fingerprint density at radius 1 is 1.14 bits per heavy atom. The summed E-state index contributed by atoms with van der Waals surface area (Å²) in [5.74, 6) is 1.30. The van der Waals surface area contributed by atoms with Crippen molar-refractivity contribution in [2.75, 3.05) is 13.1 Å². The maximum atomic E-state index is 3.42. The number of aromatic nitrogens is 1. The summed E-state index contributed by atoms with van der Waals surface area (Å²) in [6, 6.07) is 7.05. The van der Waals surface area contributed by atoms with Crippen molar-refractivity contribution in [2.45, 2.75) is 64.8 Å². The zero-order chi connectivity index (χ0) is 15.9. The third-order valence-electron chi connectivity index (χ3n) is 5.27. The van der Waals surface area contributed by atoms with Crippen LogP contribution in [0.4, 0.5) is 0 Å². The van der Waals surface area contributed by atoms with Gasteiger partial charge < -0.3 is 4.98 Å². The maximum absolute atomic E-state index is 3.42. The minimum Gasteiger partial charge on any atom is -0.361 e. The van der Waals surface area contributed by atoms with E-state index in [9.17, 15) is 0 Å². The minimum atomic E-state index is 0.306. The summed E-state index contributed by atoms with van der Waals surface area (Å²) >= 11 is 0. The number of nitrogens with one attached hydrogen (secondary N) is 1. The maximum Gasteiger partial charge on any atom is 0.0457 e. The highest BCUT2D eigenvalue weighted by Gasteiger charge is 2.27. The Morgan fingerprint density at radius 3 is 2.41 bits per heavy atom. The first-order valence-corrected chi connectivity index (χ1v) is 8.72. The van der Waals surface area contributed by atoms with Gasteiger partial charge in [-0.1, -0.05) is 19.9 Å². The van der Waals surface area contributed by atoms with E-state index in [4.69, 9.17) is 0 Å². The van der Waals surface area contributed by atoms with Crippen LogP contribution in [0, 0.1) is 0 Å². The highest BCUT2D eigenvalue weighted by atomic mass is 15.2. The van der Waals surface area contributed by atoms with Crippen LogP contribution in [0.5, 0.6) is 0 Å². The number of H-pyrrole nitrogens is 1. The van der Waals surface area contributed by atoms with Gasteiger partial charge >= 0.3 is 0 Å². The first kappa shape index (κ1) is 15.6. The fraction of sp³-hybridized carbons (Fsp3) is 0.600. The molecule has 0 radical (unpaired) electrons. The molecule has 0 bridgehead atoms.